The molecule has 0 saturated heterocycles. The lowest BCUT2D eigenvalue weighted by Gasteiger charge is -2.31. The minimum atomic E-state index is -0.724. The molecule has 0 bridgehead atoms. The Kier molecular flexibility index (Phi) is 15.2. The Labute approximate surface area is 324 Å². The number of amides is 2. The van der Waals surface area contributed by atoms with E-state index in [0.717, 1.165) is 78.3 Å². The number of nitrogens with one attached hydrogen (secondary N) is 3. The predicted molar refractivity (Wildman–Crippen MR) is 210 cm³/mol. The van der Waals surface area contributed by atoms with Gasteiger partial charge in [0.1, 0.15) is 23.5 Å². The zero-order chi connectivity index (χ0) is 38.7. The molecule has 0 aliphatic heterocycles. The Morgan fingerprint density at radius 1 is 0.852 bits per heavy atom. The average molecular weight is 766 g/mol. The Bertz CT molecular complexity index is 1660. The smallest absolute Gasteiger partial charge is 0.408 e. The van der Waals surface area contributed by atoms with E-state index in [1.807, 2.05) is 45.0 Å². The summed E-state index contributed by atoms with van der Waals surface area (Å²) in [6.45, 7) is 13.3. The third-order valence-corrected chi connectivity index (χ3v) is 10.7. The molecule has 5 rings (SSSR count). The second kappa shape index (κ2) is 19.7. The van der Waals surface area contributed by atoms with E-state index in [1.54, 1.807) is 6.92 Å². The van der Waals surface area contributed by atoms with E-state index in [-0.39, 0.29) is 30.0 Å². The van der Waals surface area contributed by atoms with Crippen LogP contribution < -0.4 is 20.9 Å². The lowest BCUT2D eigenvalue weighted by Crippen LogP contribution is -2.46. The van der Waals surface area contributed by atoms with Crippen LogP contribution in [0.2, 0.25) is 0 Å². The Hall–Kier alpha value is -3.71. The molecular weight excluding hydrogens is 707 g/mol. The van der Waals surface area contributed by atoms with E-state index >= 15 is 0 Å². The summed E-state index contributed by atoms with van der Waals surface area (Å²) in [7, 11) is 0. The third kappa shape index (κ3) is 13.5. The van der Waals surface area contributed by atoms with Gasteiger partial charge in [-0.25, -0.2) is 19.9 Å². The number of hydrogen-bond acceptors (Lipinski definition) is 10. The minimum Gasteiger partial charge on any atom is -0.490 e. The summed E-state index contributed by atoms with van der Waals surface area (Å²) >= 11 is 1.43. The van der Waals surface area contributed by atoms with E-state index in [0.29, 0.717) is 36.9 Å². The highest BCUT2D eigenvalue weighted by Gasteiger charge is 2.33. The van der Waals surface area contributed by atoms with Gasteiger partial charge in [0.2, 0.25) is 0 Å². The highest BCUT2D eigenvalue weighted by Crippen LogP contribution is 2.32. The average Bonchev–Trinajstić information content (AvgIpc) is 3.80. The lowest BCUT2D eigenvalue weighted by atomic mass is 9.83. The van der Waals surface area contributed by atoms with Crippen molar-refractivity contribution in [3.05, 3.63) is 64.5 Å². The van der Waals surface area contributed by atoms with Crippen molar-refractivity contribution in [1.29, 1.82) is 0 Å². The van der Waals surface area contributed by atoms with Gasteiger partial charge in [0.15, 0.2) is 6.29 Å². The van der Waals surface area contributed by atoms with Crippen molar-refractivity contribution < 1.29 is 38.2 Å². The fourth-order valence-corrected chi connectivity index (χ4v) is 7.82. The molecule has 2 amide bonds. The number of esters is 1. The van der Waals surface area contributed by atoms with Gasteiger partial charge < -0.3 is 29.6 Å². The van der Waals surface area contributed by atoms with Gasteiger partial charge in [-0.15, -0.1) is 11.3 Å². The fourth-order valence-electron chi connectivity index (χ4n) is 6.81. The van der Waals surface area contributed by atoms with Crippen molar-refractivity contribution in [2.45, 2.75) is 143 Å². The van der Waals surface area contributed by atoms with Gasteiger partial charge in [-0.3, -0.25) is 4.79 Å². The van der Waals surface area contributed by atoms with Gasteiger partial charge >= 0.3 is 12.1 Å². The monoisotopic (exact) mass is 765 g/mol. The molecule has 296 valence electrons. The van der Waals surface area contributed by atoms with Crippen LogP contribution in [0, 0.1) is 11.8 Å². The number of hydrogen-bond donors (Lipinski definition) is 3. The molecule has 12 heteroatoms. The number of fused-ring (bicyclic) bond motifs is 1. The molecule has 2 aromatic carbocycles. The number of ether oxygens (including phenoxy) is 4. The van der Waals surface area contributed by atoms with E-state index in [9.17, 15) is 14.4 Å². The first-order valence-corrected chi connectivity index (χ1v) is 20.4. The molecule has 0 radical (unpaired) electrons. The molecule has 2 aliphatic rings. The minimum absolute atomic E-state index is 0.0596. The first-order chi connectivity index (χ1) is 25.8. The normalized spacial score (nSPS) is 19.0. The van der Waals surface area contributed by atoms with Crippen molar-refractivity contribution >= 4 is 39.4 Å². The van der Waals surface area contributed by atoms with Crippen molar-refractivity contribution in [3.8, 4) is 5.75 Å². The quantitative estimate of drug-likeness (QED) is 0.0702. The maximum atomic E-state index is 13.1. The summed E-state index contributed by atoms with van der Waals surface area (Å²) in [5.41, 5.74) is 4.14. The molecule has 3 N–H and O–H groups in total. The van der Waals surface area contributed by atoms with Crippen molar-refractivity contribution in [2.75, 3.05) is 6.61 Å². The molecule has 1 aromatic heterocycles. The molecule has 1 unspecified atom stereocenters. The molecule has 3 aromatic rings. The molecular formula is C42H59N3O8S. The molecule has 2 saturated carbocycles. The standard InChI is InChI=1S/C42H59N3O8S/c1-27(2)26-49-28(3)53-45-39(46)38-23-32-16-11-31(22-37(32)54-38)25-43-24-30-14-19-35(20-15-30)50-34-17-12-29(13-18-34)21-36(44-41(48)52-42(4,5)6)40(47)51-33-9-7-8-10-33/h11,14-16,19-20,22-23,27-29,33-34,36,43H,7-10,12-13,17-18,21,24-26H2,1-6H3,(H,44,48)(H,45,46)/t28?,29?,34?,36-/m0/s1. The highest BCUT2D eigenvalue weighted by molar-refractivity contribution is 7.20. The lowest BCUT2D eigenvalue weighted by molar-refractivity contribution is -0.163. The molecule has 0 spiro atoms. The van der Waals surface area contributed by atoms with Crippen LogP contribution in [-0.2, 0) is 36.9 Å². The summed E-state index contributed by atoms with van der Waals surface area (Å²) in [4.78, 5) is 44.3. The van der Waals surface area contributed by atoms with Gasteiger partial charge in [0, 0.05) is 17.8 Å². The zero-order valence-electron chi connectivity index (χ0n) is 32.7. The number of rotatable bonds is 17. The van der Waals surface area contributed by atoms with Gasteiger partial charge in [-0.05, 0) is 138 Å². The Morgan fingerprint density at radius 3 is 2.22 bits per heavy atom. The second-order valence-electron chi connectivity index (χ2n) is 16.1. The molecule has 1 heterocycles. The van der Waals surface area contributed by atoms with E-state index < -0.39 is 24.0 Å². The van der Waals surface area contributed by atoms with Crippen LogP contribution in [0.25, 0.3) is 10.1 Å². The largest absolute Gasteiger partial charge is 0.490 e. The van der Waals surface area contributed by atoms with Gasteiger partial charge in [0.05, 0.1) is 17.6 Å². The zero-order valence-corrected chi connectivity index (χ0v) is 33.6. The first kappa shape index (κ1) is 41.5. The van der Waals surface area contributed by atoms with E-state index in [1.165, 1.54) is 11.3 Å². The molecule has 11 nitrogen and oxygen atoms in total. The van der Waals surface area contributed by atoms with Crippen LogP contribution in [0.4, 0.5) is 4.79 Å². The Balaban J connectivity index is 1.03. The highest BCUT2D eigenvalue weighted by atomic mass is 32.1. The SMILES string of the molecule is CC(C)COC(C)ONC(=O)c1cc2ccc(CNCc3ccc(OC4CCC(C[C@H](NC(=O)OC(C)(C)C)C(=O)OC5CCCC5)CC4)cc3)cc2s1. The van der Waals surface area contributed by atoms with Gasteiger partial charge in [-0.2, -0.15) is 0 Å². The maximum absolute atomic E-state index is 13.1. The van der Waals surface area contributed by atoms with Crippen molar-refractivity contribution in [2.24, 2.45) is 11.8 Å². The van der Waals surface area contributed by atoms with E-state index in [2.05, 4.69) is 54.2 Å². The van der Waals surface area contributed by atoms with Crippen LogP contribution >= 0.6 is 11.3 Å². The van der Waals surface area contributed by atoms with Crippen LogP contribution in [0.3, 0.4) is 0 Å². The summed E-state index contributed by atoms with van der Waals surface area (Å²) in [6, 6.07) is 15.6. The number of carbonyl (C=O) groups is 3. The summed E-state index contributed by atoms with van der Waals surface area (Å²) < 4.78 is 24.2. The van der Waals surface area contributed by atoms with Crippen molar-refractivity contribution in [3.63, 3.8) is 0 Å². The number of carbonyl (C=O) groups excluding carboxylic acids is 3. The fraction of sp³-hybridized carbons (Fsp3) is 0.595. The molecule has 2 fully saturated rings. The third-order valence-electron chi connectivity index (χ3n) is 9.60. The van der Waals surface area contributed by atoms with Crippen molar-refractivity contribution in [1.82, 2.24) is 16.1 Å². The van der Waals surface area contributed by atoms with Crippen LogP contribution in [-0.4, -0.2) is 54.7 Å². The van der Waals surface area contributed by atoms with E-state index in [4.69, 9.17) is 23.8 Å². The number of thiophene rings is 1. The first-order valence-electron chi connectivity index (χ1n) is 19.6. The van der Waals surface area contributed by atoms with Gasteiger partial charge in [0.25, 0.3) is 5.91 Å². The van der Waals surface area contributed by atoms with Crippen LogP contribution in [0.5, 0.6) is 5.75 Å². The van der Waals surface area contributed by atoms with Crippen LogP contribution in [0.1, 0.15) is 120 Å². The maximum Gasteiger partial charge on any atom is 0.408 e. The molecule has 54 heavy (non-hydrogen) atoms. The predicted octanol–water partition coefficient (Wildman–Crippen LogP) is 8.58. The van der Waals surface area contributed by atoms with Gasteiger partial charge in [-0.1, -0.05) is 38.1 Å². The number of hydroxylamine groups is 1. The summed E-state index contributed by atoms with van der Waals surface area (Å²) in [6.07, 6.45) is 6.93. The summed E-state index contributed by atoms with van der Waals surface area (Å²) in [5.74, 6) is 0.863. The number of benzene rings is 2. The van der Waals surface area contributed by atoms with Crippen LogP contribution in [0.15, 0.2) is 48.5 Å². The summed E-state index contributed by atoms with van der Waals surface area (Å²) in [5, 5.41) is 7.34. The topological polar surface area (TPSA) is 133 Å². The Morgan fingerprint density at radius 2 is 1.54 bits per heavy atom. The molecule has 2 atom stereocenters. The molecule has 2 aliphatic carbocycles. The number of alkyl carbamates (subject to hydrolysis) is 1. The second-order valence-corrected chi connectivity index (χ2v) is 17.2.